The van der Waals surface area contributed by atoms with Crippen molar-refractivity contribution in [2.24, 2.45) is 4.99 Å². The number of aromatic nitrogens is 2. The van der Waals surface area contributed by atoms with Crippen LogP contribution in [0.3, 0.4) is 0 Å². The average molecular weight is 359 g/mol. The van der Waals surface area contributed by atoms with Crippen LogP contribution in [0.1, 0.15) is 29.8 Å². The van der Waals surface area contributed by atoms with E-state index in [1.165, 1.54) is 0 Å². The van der Waals surface area contributed by atoms with Gasteiger partial charge in [0.05, 0.1) is 18.7 Å². The number of hydrogen-bond acceptors (Lipinski definition) is 4. The summed E-state index contributed by atoms with van der Waals surface area (Å²) in [7, 11) is 0. The van der Waals surface area contributed by atoms with Gasteiger partial charge in [0.1, 0.15) is 5.82 Å². The zero-order chi connectivity index (χ0) is 18.4. The summed E-state index contributed by atoms with van der Waals surface area (Å²) in [6, 6.07) is 2.51. The minimum atomic E-state index is -4.65. The summed E-state index contributed by atoms with van der Waals surface area (Å²) >= 11 is 0. The molecule has 0 radical (unpaired) electrons. The summed E-state index contributed by atoms with van der Waals surface area (Å²) in [6.45, 7) is 3.88. The number of benzene rings is 1. The zero-order valence-corrected chi connectivity index (χ0v) is 13.6. The molecule has 0 saturated heterocycles. The number of rotatable bonds is 5. The fourth-order valence-electron chi connectivity index (χ4n) is 2.03. The lowest BCUT2D eigenvalue weighted by Crippen LogP contribution is -2.36. The largest absolute Gasteiger partial charge is 0.416 e. The minimum absolute atomic E-state index is 0.125. The van der Waals surface area contributed by atoms with Crippen molar-refractivity contribution in [2.75, 3.05) is 6.54 Å². The molecule has 0 unspecified atom stereocenters. The standard InChI is InChI=1S/C15H17F4N5O/c1-3-20-14(22-8-13-23-9(2)24-25-13)21-7-10-4-5-11(16)6-12(10)15(17,18)19/h4-6H,3,7-8H2,1-2H3,(H2,20,21,22). The van der Waals surface area contributed by atoms with Gasteiger partial charge >= 0.3 is 6.18 Å². The zero-order valence-electron chi connectivity index (χ0n) is 13.6. The maximum Gasteiger partial charge on any atom is 0.416 e. The van der Waals surface area contributed by atoms with Crippen LogP contribution in [0.5, 0.6) is 0 Å². The summed E-state index contributed by atoms with van der Waals surface area (Å²) in [4.78, 5) is 8.10. The molecular formula is C15H17F4N5O. The number of aliphatic imine (C=N–C) groups is 1. The summed E-state index contributed by atoms with van der Waals surface area (Å²) in [6.07, 6.45) is -4.65. The smallest absolute Gasteiger partial charge is 0.357 e. The van der Waals surface area contributed by atoms with Gasteiger partial charge in [0.15, 0.2) is 11.8 Å². The first-order valence-electron chi connectivity index (χ1n) is 7.46. The maximum absolute atomic E-state index is 13.1. The molecule has 1 aromatic heterocycles. The van der Waals surface area contributed by atoms with Crippen LogP contribution >= 0.6 is 0 Å². The Kier molecular flexibility index (Phi) is 5.94. The molecule has 0 atom stereocenters. The molecule has 0 bridgehead atoms. The van der Waals surface area contributed by atoms with Crippen molar-refractivity contribution in [3.05, 3.63) is 46.9 Å². The molecule has 0 amide bonds. The van der Waals surface area contributed by atoms with E-state index in [2.05, 4.69) is 25.8 Å². The first kappa shape index (κ1) is 18.7. The Bertz CT molecular complexity index is 742. The first-order chi connectivity index (χ1) is 11.8. The van der Waals surface area contributed by atoms with Gasteiger partial charge in [0, 0.05) is 6.54 Å². The second kappa shape index (κ2) is 7.95. The topological polar surface area (TPSA) is 75.3 Å². The number of aryl methyl sites for hydroxylation is 1. The molecule has 0 aliphatic heterocycles. The summed E-state index contributed by atoms with van der Waals surface area (Å²) < 4.78 is 57.1. The lowest BCUT2D eigenvalue weighted by atomic mass is 10.1. The molecular weight excluding hydrogens is 342 g/mol. The van der Waals surface area contributed by atoms with E-state index in [1.807, 2.05) is 6.92 Å². The van der Waals surface area contributed by atoms with E-state index < -0.39 is 17.6 Å². The monoisotopic (exact) mass is 359 g/mol. The molecule has 25 heavy (non-hydrogen) atoms. The maximum atomic E-state index is 13.1. The predicted molar refractivity (Wildman–Crippen MR) is 82.1 cm³/mol. The number of nitrogens with one attached hydrogen (secondary N) is 2. The van der Waals surface area contributed by atoms with Gasteiger partial charge in [-0.2, -0.15) is 18.2 Å². The number of halogens is 4. The van der Waals surface area contributed by atoms with Crippen molar-refractivity contribution in [2.45, 2.75) is 33.1 Å². The molecule has 6 nitrogen and oxygen atoms in total. The van der Waals surface area contributed by atoms with E-state index in [9.17, 15) is 17.6 Å². The van der Waals surface area contributed by atoms with Gasteiger partial charge in [0.25, 0.3) is 0 Å². The lowest BCUT2D eigenvalue weighted by Gasteiger charge is -2.13. The van der Waals surface area contributed by atoms with Crippen LogP contribution in [0.4, 0.5) is 17.6 Å². The summed E-state index contributed by atoms with van der Waals surface area (Å²) in [5, 5.41) is 9.40. The van der Waals surface area contributed by atoms with Crippen LogP contribution in [-0.2, 0) is 19.3 Å². The molecule has 136 valence electrons. The van der Waals surface area contributed by atoms with Crippen molar-refractivity contribution < 1.29 is 22.1 Å². The van der Waals surface area contributed by atoms with Gasteiger partial charge in [0.2, 0.25) is 5.89 Å². The van der Waals surface area contributed by atoms with Crippen LogP contribution in [0, 0.1) is 12.7 Å². The summed E-state index contributed by atoms with van der Waals surface area (Å²) in [5.74, 6) is 0.119. The molecule has 0 fully saturated rings. The van der Waals surface area contributed by atoms with Crippen LogP contribution in [0.15, 0.2) is 27.7 Å². The molecule has 2 rings (SSSR count). The van der Waals surface area contributed by atoms with E-state index in [0.717, 1.165) is 12.1 Å². The van der Waals surface area contributed by atoms with Crippen molar-refractivity contribution >= 4 is 5.96 Å². The SMILES string of the molecule is CCNC(=NCc1ccc(F)cc1C(F)(F)F)NCc1nc(C)no1. The Morgan fingerprint density at radius 2 is 2.04 bits per heavy atom. The highest BCUT2D eigenvalue weighted by molar-refractivity contribution is 5.79. The van der Waals surface area contributed by atoms with Crippen molar-refractivity contribution in [3.63, 3.8) is 0 Å². The lowest BCUT2D eigenvalue weighted by molar-refractivity contribution is -0.138. The summed E-state index contributed by atoms with van der Waals surface area (Å²) in [5.41, 5.74) is -1.17. The van der Waals surface area contributed by atoms with Gasteiger partial charge in [-0.3, -0.25) is 0 Å². The second-order valence-corrected chi connectivity index (χ2v) is 5.08. The number of guanidine groups is 1. The van der Waals surface area contributed by atoms with Crippen LogP contribution in [-0.4, -0.2) is 22.6 Å². The van der Waals surface area contributed by atoms with Crippen molar-refractivity contribution in [1.82, 2.24) is 20.8 Å². The van der Waals surface area contributed by atoms with E-state index in [0.29, 0.717) is 24.3 Å². The second-order valence-electron chi connectivity index (χ2n) is 5.08. The third-order valence-electron chi connectivity index (χ3n) is 3.11. The Hall–Kier alpha value is -2.65. The van der Waals surface area contributed by atoms with Crippen molar-refractivity contribution in [1.29, 1.82) is 0 Å². The van der Waals surface area contributed by atoms with Gasteiger partial charge < -0.3 is 15.2 Å². The van der Waals surface area contributed by atoms with Crippen LogP contribution in [0.2, 0.25) is 0 Å². The average Bonchev–Trinajstić information content (AvgIpc) is 2.95. The molecule has 0 aliphatic rings. The van der Waals surface area contributed by atoms with Gasteiger partial charge in [-0.15, -0.1) is 0 Å². The number of nitrogens with zero attached hydrogens (tertiary/aromatic N) is 3. The third-order valence-corrected chi connectivity index (χ3v) is 3.11. The Morgan fingerprint density at radius 1 is 1.28 bits per heavy atom. The van der Waals surface area contributed by atoms with E-state index in [4.69, 9.17) is 4.52 Å². The first-order valence-corrected chi connectivity index (χ1v) is 7.46. The molecule has 0 aliphatic carbocycles. The van der Waals surface area contributed by atoms with Gasteiger partial charge in [-0.25, -0.2) is 9.38 Å². The molecule has 0 spiro atoms. The molecule has 2 N–H and O–H groups in total. The number of hydrogen-bond donors (Lipinski definition) is 2. The quantitative estimate of drug-likeness (QED) is 0.488. The Labute approximate surface area is 141 Å². The highest BCUT2D eigenvalue weighted by Gasteiger charge is 2.33. The van der Waals surface area contributed by atoms with Gasteiger partial charge in [-0.05, 0) is 31.5 Å². The molecule has 10 heteroatoms. The highest BCUT2D eigenvalue weighted by atomic mass is 19.4. The third kappa shape index (κ3) is 5.44. The van der Waals surface area contributed by atoms with Crippen molar-refractivity contribution in [3.8, 4) is 0 Å². The minimum Gasteiger partial charge on any atom is -0.357 e. The highest BCUT2D eigenvalue weighted by Crippen LogP contribution is 2.32. The fourth-order valence-corrected chi connectivity index (χ4v) is 2.03. The molecule has 1 aromatic carbocycles. The molecule has 2 aromatic rings. The number of alkyl halides is 3. The predicted octanol–water partition coefficient (Wildman–Crippen LogP) is 2.79. The van der Waals surface area contributed by atoms with E-state index >= 15 is 0 Å². The Morgan fingerprint density at radius 3 is 2.64 bits per heavy atom. The molecule has 0 saturated carbocycles. The normalized spacial score (nSPS) is 12.3. The van der Waals surface area contributed by atoms with E-state index in [1.54, 1.807) is 6.92 Å². The fraction of sp³-hybridized carbons (Fsp3) is 0.400. The van der Waals surface area contributed by atoms with Crippen LogP contribution < -0.4 is 10.6 Å². The Balaban J connectivity index is 2.13. The van der Waals surface area contributed by atoms with Crippen LogP contribution in [0.25, 0.3) is 0 Å². The molecule has 1 heterocycles. The van der Waals surface area contributed by atoms with E-state index in [-0.39, 0.29) is 24.6 Å². The van der Waals surface area contributed by atoms with Gasteiger partial charge in [-0.1, -0.05) is 11.2 Å².